The number of cyclic esters (lactones) is 1. The molecule has 3 unspecified atom stereocenters. The Morgan fingerprint density at radius 2 is 1.64 bits per heavy atom. The molecule has 4 heterocycles. The summed E-state index contributed by atoms with van der Waals surface area (Å²) < 4.78 is 31.6. The number of carbonyl (C=O) groups is 5. The zero-order chi connectivity index (χ0) is 50.6. The van der Waals surface area contributed by atoms with Gasteiger partial charge in [-0.2, -0.15) is 0 Å². The number of esters is 1. The van der Waals surface area contributed by atoms with Gasteiger partial charge in [0.2, 0.25) is 5.79 Å². The molecule has 3 aliphatic heterocycles. The number of ketones is 3. The molecule has 0 aromatic carbocycles. The van der Waals surface area contributed by atoms with Crippen LogP contribution < -0.4 is 0 Å². The topological polar surface area (TPSA) is 219 Å². The van der Waals surface area contributed by atoms with E-state index in [-0.39, 0.29) is 60.9 Å². The first-order chi connectivity index (χ1) is 32.8. The summed E-state index contributed by atoms with van der Waals surface area (Å²) in [5, 5.41) is 35.2. The third-order valence-electron chi connectivity index (χ3n) is 15.2. The molecule has 384 valence electrons. The average Bonchev–Trinajstić information content (AvgIpc) is 3.88. The van der Waals surface area contributed by atoms with Gasteiger partial charge in [0.15, 0.2) is 5.78 Å². The first kappa shape index (κ1) is 55.7. The summed E-state index contributed by atoms with van der Waals surface area (Å²) in [6.07, 6.45) is 13.9. The fraction of sp³-hybridized carbons (Fsp3) is 0.731. The summed E-state index contributed by atoms with van der Waals surface area (Å²) in [5.41, 5.74) is 1.27. The predicted molar refractivity (Wildman–Crippen MR) is 256 cm³/mol. The molecule has 1 amide bonds. The Bertz CT molecular complexity index is 2020. The smallest absolute Gasteiger partial charge is 0.329 e. The zero-order valence-corrected chi connectivity index (χ0v) is 42.5. The van der Waals surface area contributed by atoms with E-state index in [9.17, 15) is 34.2 Å². The van der Waals surface area contributed by atoms with Gasteiger partial charge in [-0.25, -0.2) is 9.48 Å². The highest BCUT2D eigenvalue weighted by Crippen LogP contribution is 2.39. The van der Waals surface area contributed by atoms with Gasteiger partial charge >= 0.3 is 5.97 Å². The fourth-order valence-electron chi connectivity index (χ4n) is 10.7. The number of nitrogens with zero attached hydrogens (tertiary/aromatic N) is 5. The fourth-order valence-corrected chi connectivity index (χ4v) is 10.7. The minimum Gasteiger partial charge on any atom is -0.460 e. The summed E-state index contributed by atoms with van der Waals surface area (Å²) in [7, 11) is 4.62. The number of allylic oxidation sites excluding steroid dienone is 6. The molecule has 2 bridgehead atoms. The van der Waals surface area contributed by atoms with Gasteiger partial charge in [-0.3, -0.25) is 19.2 Å². The molecule has 17 heteroatoms. The number of Topliss-reactive ketones (excluding diaryl/α,β-unsaturated/α-hetero) is 3. The number of hydrogen-bond donors (Lipinski definition) is 2. The SMILES string of the molecule is COC1C[C@H](C[C@@H](C)[C@@H]2CC(=O)[C@H](C)/C=C(\C)[C@@H](O)[C@@H](OC)C(=O)[C@@H](C)C[C@H](C)/C=C/C=C/C=C(\C)[C@@H](OC)C[C@@H]3CCC(C)C(O)(O3)C(=O)C(=O)N3CCCC[C@H]3C(=O)O2)CC[C@@H]1n1cnnn1. The number of amides is 1. The van der Waals surface area contributed by atoms with Crippen molar-refractivity contribution in [3.63, 3.8) is 0 Å². The van der Waals surface area contributed by atoms with Crippen molar-refractivity contribution in [1.82, 2.24) is 25.1 Å². The summed E-state index contributed by atoms with van der Waals surface area (Å²) in [6, 6.07) is -1.19. The van der Waals surface area contributed by atoms with E-state index < -0.39 is 77.8 Å². The normalized spacial score (nSPS) is 38.8. The van der Waals surface area contributed by atoms with Gasteiger partial charge in [-0.1, -0.05) is 71.1 Å². The van der Waals surface area contributed by atoms with E-state index in [0.717, 1.165) is 18.4 Å². The van der Waals surface area contributed by atoms with Crippen molar-refractivity contribution in [2.24, 2.45) is 35.5 Å². The number of carbonyl (C=O) groups excluding carboxylic acids is 5. The van der Waals surface area contributed by atoms with Gasteiger partial charge in [-0.05, 0) is 117 Å². The van der Waals surface area contributed by atoms with Gasteiger partial charge in [0, 0.05) is 58.5 Å². The molecule has 5 rings (SSSR count). The molecule has 1 saturated carbocycles. The number of hydrogen-bond acceptors (Lipinski definition) is 15. The Morgan fingerprint density at radius 3 is 2.32 bits per heavy atom. The third-order valence-corrected chi connectivity index (χ3v) is 15.2. The number of aliphatic hydroxyl groups excluding tert-OH is 1. The highest BCUT2D eigenvalue weighted by atomic mass is 16.6. The Balaban J connectivity index is 1.46. The maximum atomic E-state index is 14.5. The molecule has 0 spiro atoms. The minimum absolute atomic E-state index is 0.0170. The molecular formula is C52H79N5O12. The van der Waals surface area contributed by atoms with Gasteiger partial charge in [0.05, 0.1) is 24.4 Å². The lowest BCUT2D eigenvalue weighted by Crippen LogP contribution is -2.61. The van der Waals surface area contributed by atoms with Crippen molar-refractivity contribution in [2.75, 3.05) is 27.9 Å². The summed E-state index contributed by atoms with van der Waals surface area (Å²) in [4.78, 5) is 72.3. The summed E-state index contributed by atoms with van der Waals surface area (Å²) >= 11 is 0. The maximum absolute atomic E-state index is 14.5. The van der Waals surface area contributed by atoms with Crippen molar-refractivity contribution in [3.8, 4) is 0 Å². The quantitative estimate of drug-likeness (QED) is 0.181. The van der Waals surface area contributed by atoms with Gasteiger partial charge in [-0.15, -0.1) is 5.10 Å². The number of methoxy groups -OCH3 is 3. The predicted octanol–water partition coefficient (Wildman–Crippen LogP) is 6.05. The van der Waals surface area contributed by atoms with Crippen LogP contribution in [0.15, 0.2) is 53.9 Å². The lowest BCUT2D eigenvalue weighted by Gasteiger charge is -2.42. The molecule has 69 heavy (non-hydrogen) atoms. The van der Waals surface area contributed by atoms with E-state index in [1.165, 1.54) is 12.0 Å². The van der Waals surface area contributed by atoms with Crippen LogP contribution in [0.1, 0.15) is 132 Å². The third kappa shape index (κ3) is 14.2. The zero-order valence-electron chi connectivity index (χ0n) is 42.5. The van der Waals surface area contributed by atoms with E-state index >= 15 is 0 Å². The van der Waals surface area contributed by atoms with Crippen LogP contribution in [0.25, 0.3) is 0 Å². The van der Waals surface area contributed by atoms with Crippen molar-refractivity contribution in [2.45, 2.75) is 180 Å². The minimum atomic E-state index is -2.43. The van der Waals surface area contributed by atoms with E-state index in [0.29, 0.717) is 56.9 Å². The molecule has 1 aromatic heterocycles. The van der Waals surface area contributed by atoms with Crippen LogP contribution in [0.5, 0.6) is 0 Å². The Morgan fingerprint density at radius 1 is 0.884 bits per heavy atom. The van der Waals surface area contributed by atoms with Gasteiger partial charge in [0.25, 0.3) is 11.7 Å². The van der Waals surface area contributed by atoms with Crippen LogP contribution in [-0.2, 0) is 47.7 Å². The Kier molecular flexibility index (Phi) is 20.8. The Labute approximate surface area is 408 Å². The van der Waals surface area contributed by atoms with Gasteiger partial charge < -0.3 is 38.8 Å². The van der Waals surface area contributed by atoms with Gasteiger partial charge in [0.1, 0.15) is 36.5 Å². The van der Waals surface area contributed by atoms with E-state index in [2.05, 4.69) is 15.5 Å². The average molecular weight is 966 g/mol. The van der Waals surface area contributed by atoms with Crippen LogP contribution in [-0.4, -0.2) is 141 Å². The summed E-state index contributed by atoms with van der Waals surface area (Å²) in [5.74, 6) is -7.92. The maximum Gasteiger partial charge on any atom is 0.329 e. The first-order valence-electron chi connectivity index (χ1n) is 25.0. The number of aliphatic hydroxyl groups is 2. The molecule has 3 fully saturated rings. The van der Waals surface area contributed by atoms with Crippen molar-refractivity contribution in [1.29, 1.82) is 0 Å². The number of piperidine rings is 1. The number of tetrazole rings is 1. The molecule has 17 nitrogen and oxygen atoms in total. The second-order valence-electron chi connectivity index (χ2n) is 20.4. The molecule has 1 aliphatic carbocycles. The van der Waals surface area contributed by atoms with E-state index in [4.69, 9.17) is 23.7 Å². The monoisotopic (exact) mass is 966 g/mol. The lowest BCUT2D eigenvalue weighted by atomic mass is 9.77. The largest absolute Gasteiger partial charge is 0.460 e. The second-order valence-corrected chi connectivity index (χ2v) is 20.4. The van der Waals surface area contributed by atoms with Crippen LogP contribution in [0.2, 0.25) is 0 Å². The highest BCUT2D eigenvalue weighted by Gasteiger charge is 2.53. The van der Waals surface area contributed by atoms with E-state index in [1.54, 1.807) is 52.1 Å². The van der Waals surface area contributed by atoms with Crippen LogP contribution in [0.4, 0.5) is 0 Å². The van der Waals surface area contributed by atoms with E-state index in [1.807, 2.05) is 58.1 Å². The molecule has 15 atom stereocenters. The number of rotatable bonds is 7. The number of fused-ring (bicyclic) bond motifs is 3. The highest BCUT2D eigenvalue weighted by molar-refractivity contribution is 6.39. The van der Waals surface area contributed by atoms with Crippen LogP contribution in [0.3, 0.4) is 0 Å². The van der Waals surface area contributed by atoms with Crippen LogP contribution in [0, 0.1) is 35.5 Å². The van der Waals surface area contributed by atoms with Crippen molar-refractivity contribution in [3.05, 3.63) is 53.9 Å². The molecule has 2 N–H and O–H groups in total. The molecule has 4 aliphatic rings. The van der Waals surface area contributed by atoms with Crippen molar-refractivity contribution < 1.29 is 57.9 Å². The molecule has 2 saturated heterocycles. The number of aromatic nitrogens is 4. The molecule has 1 aromatic rings. The summed E-state index contributed by atoms with van der Waals surface area (Å²) in [6.45, 7) is 12.8. The van der Waals surface area contributed by atoms with Crippen LogP contribution >= 0.6 is 0 Å². The molecular weight excluding hydrogens is 887 g/mol. The second kappa shape index (κ2) is 25.7. The van der Waals surface area contributed by atoms with Crippen molar-refractivity contribution >= 4 is 29.2 Å². The lowest BCUT2D eigenvalue weighted by molar-refractivity contribution is -0.265. The first-order valence-corrected chi connectivity index (χ1v) is 25.0. The number of ether oxygens (including phenoxy) is 5. The standard InChI is InChI=1S/C52H79N5O12/c1-31-16-12-11-13-17-32(2)43(65-8)28-39-21-19-37(7)52(64,69-39)49(61)50(62)56-23-15-14-18-41(56)51(63)68-44(34(4)26-38-20-22-40(45(27-38)66-9)57-30-53-54-55-57)29-42(58)33(3)25-36(6)47(60)48(67-10)46(59)35(5)24-31/h11-13,16-17,25,30-31,33-35,37-41,43-45,47-48,60,64H,14-15,18-24,26-29H2,1-10H3/b13-11+,16-12+,32-17+,36-25+/t31-,33-,34-,35+,37?,38+,39+,40+,41+,43+,44+,45?,47-,48+,52?/m1/s1. The molecule has 0 radical (unpaired) electrons. The Hall–Kier alpha value is -4.26.